The number of imide groups is 1. The average Bonchev–Trinajstić information content (AvgIpc) is 3.61. The first kappa shape index (κ1) is 20.1. The van der Waals surface area contributed by atoms with Crippen LogP contribution in [0.4, 0.5) is 5.69 Å². The molecular formula is C24H20N2O4S3. The molecule has 2 saturated carbocycles. The summed E-state index contributed by atoms with van der Waals surface area (Å²) in [6, 6.07) is 11.3. The Balaban J connectivity index is 1.30. The molecule has 1 saturated heterocycles. The molecule has 4 heterocycles. The van der Waals surface area contributed by atoms with Crippen LogP contribution in [0.3, 0.4) is 0 Å². The molecule has 0 spiro atoms. The maximum Gasteiger partial charge on any atom is 0.305 e. The van der Waals surface area contributed by atoms with Gasteiger partial charge in [0.2, 0.25) is 11.8 Å². The predicted molar refractivity (Wildman–Crippen MR) is 128 cm³/mol. The Morgan fingerprint density at radius 1 is 1.03 bits per heavy atom. The number of methoxy groups -OCH3 is 1. The molecule has 2 bridgehead atoms. The number of fused-ring (bicyclic) bond motifs is 9. The number of aromatic nitrogens is 1. The van der Waals surface area contributed by atoms with Gasteiger partial charge in [-0.15, -0.1) is 23.1 Å². The summed E-state index contributed by atoms with van der Waals surface area (Å²) in [6.45, 7) is 0. The van der Waals surface area contributed by atoms with Gasteiger partial charge in [0.25, 0.3) is 0 Å². The minimum absolute atomic E-state index is 0.0283. The first-order chi connectivity index (χ1) is 16.1. The molecule has 1 aromatic carbocycles. The number of thiophene rings is 1. The molecule has 9 heteroatoms. The quantitative estimate of drug-likeness (QED) is 0.550. The molecule has 3 aromatic rings. The lowest BCUT2D eigenvalue weighted by Crippen LogP contribution is -2.42. The highest BCUT2D eigenvalue weighted by atomic mass is 32.2. The number of anilines is 1. The Morgan fingerprint density at radius 2 is 1.79 bits per heavy atom. The summed E-state index contributed by atoms with van der Waals surface area (Å²) in [5.74, 6) is 0.682. The maximum atomic E-state index is 13.7. The number of nitrogens with one attached hydrogen (secondary N) is 1. The molecule has 2 aliphatic heterocycles. The smallest absolute Gasteiger partial charge is 0.305 e. The molecule has 2 aromatic heterocycles. The van der Waals surface area contributed by atoms with Gasteiger partial charge < -0.3 is 9.72 Å². The van der Waals surface area contributed by atoms with E-state index in [-0.39, 0.29) is 57.4 Å². The van der Waals surface area contributed by atoms with Crippen molar-refractivity contribution in [1.29, 1.82) is 0 Å². The molecule has 168 valence electrons. The van der Waals surface area contributed by atoms with Gasteiger partial charge in [-0.2, -0.15) is 0 Å². The van der Waals surface area contributed by atoms with Gasteiger partial charge in [-0.05, 0) is 59.9 Å². The third-order valence-corrected chi connectivity index (χ3v) is 11.4. The number of hydrogen-bond acceptors (Lipinski definition) is 7. The molecule has 3 fully saturated rings. The van der Waals surface area contributed by atoms with Crippen LogP contribution in [0, 0.1) is 29.6 Å². The van der Waals surface area contributed by atoms with Gasteiger partial charge in [0.15, 0.2) is 0 Å². The van der Waals surface area contributed by atoms with Crippen molar-refractivity contribution in [3.8, 4) is 5.75 Å². The maximum absolute atomic E-state index is 13.7. The van der Waals surface area contributed by atoms with Crippen LogP contribution in [0.1, 0.15) is 22.1 Å². The Morgan fingerprint density at radius 3 is 2.48 bits per heavy atom. The minimum Gasteiger partial charge on any atom is -0.497 e. The van der Waals surface area contributed by atoms with E-state index in [9.17, 15) is 14.4 Å². The molecule has 0 radical (unpaired) electrons. The van der Waals surface area contributed by atoms with E-state index in [2.05, 4.69) is 22.5 Å². The van der Waals surface area contributed by atoms with Crippen LogP contribution in [0.15, 0.2) is 51.6 Å². The molecule has 7 rings (SSSR count). The number of carbonyl (C=O) groups is 2. The van der Waals surface area contributed by atoms with Crippen LogP contribution < -0.4 is 14.5 Å². The van der Waals surface area contributed by atoms with Gasteiger partial charge in [-0.1, -0.05) is 17.4 Å². The normalized spacial score (nSPS) is 33.8. The Kier molecular flexibility index (Phi) is 4.30. The number of rotatable bonds is 3. The van der Waals surface area contributed by atoms with Crippen molar-refractivity contribution in [2.75, 3.05) is 12.0 Å². The largest absolute Gasteiger partial charge is 0.497 e. The van der Waals surface area contributed by atoms with Crippen LogP contribution in [-0.2, 0) is 9.59 Å². The van der Waals surface area contributed by atoms with E-state index < -0.39 is 0 Å². The van der Waals surface area contributed by atoms with Crippen molar-refractivity contribution in [2.24, 2.45) is 29.6 Å². The third kappa shape index (κ3) is 2.64. The number of thioether (sulfide) groups is 1. The standard InChI is InChI=1S/C24H20N2O4S3/c1-30-11-6-4-10(5-7-11)26-22(27)16-12-9-13(17(16)23(26)28)19-15(12)18(14-3-2-8-31-14)20-21(32-19)25-24(29)33-20/h2-8,12-13,15-19H,9H2,1H3,(H,25,29)/t12?,13?,15?,16?,17?,18-,19?/m1/s1. The molecule has 7 atom stereocenters. The molecular weight excluding hydrogens is 476 g/mol. The number of carbonyl (C=O) groups excluding carboxylic acids is 2. The summed E-state index contributed by atoms with van der Waals surface area (Å²) in [5, 5.41) is 3.26. The topological polar surface area (TPSA) is 79.5 Å². The molecule has 4 aliphatic rings. The molecule has 6 unspecified atom stereocenters. The number of ether oxygens (including phenoxy) is 1. The lowest BCUT2D eigenvalue weighted by molar-refractivity contribution is -0.123. The van der Waals surface area contributed by atoms with E-state index in [0.29, 0.717) is 11.4 Å². The van der Waals surface area contributed by atoms with Gasteiger partial charge in [0.05, 0.1) is 29.7 Å². The molecule has 33 heavy (non-hydrogen) atoms. The zero-order valence-electron chi connectivity index (χ0n) is 17.6. The highest BCUT2D eigenvalue weighted by molar-refractivity contribution is 8.00. The number of amides is 2. The Labute approximate surface area is 202 Å². The highest BCUT2D eigenvalue weighted by Gasteiger charge is 2.69. The number of H-pyrrole nitrogens is 1. The second kappa shape index (κ2) is 7.07. The zero-order valence-corrected chi connectivity index (χ0v) is 20.0. The van der Waals surface area contributed by atoms with Crippen molar-refractivity contribution in [3.63, 3.8) is 0 Å². The number of thiazole rings is 1. The van der Waals surface area contributed by atoms with Gasteiger partial charge in [0.1, 0.15) is 5.75 Å². The van der Waals surface area contributed by atoms with Crippen LogP contribution in [0.2, 0.25) is 0 Å². The van der Waals surface area contributed by atoms with Crippen molar-refractivity contribution in [3.05, 3.63) is 61.2 Å². The fraction of sp³-hybridized carbons (Fsp3) is 0.375. The van der Waals surface area contributed by atoms with Gasteiger partial charge in [-0.25, -0.2) is 0 Å². The minimum atomic E-state index is -0.272. The monoisotopic (exact) mass is 496 g/mol. The lowest BCUT2D eigenvalue weighted by atomic mass is 9.69. The number of nitrogens with zero attached hydrogens (tertiary/aromatic N) is 1. The first-order valence-electron chi connectivity index (χ1n) is 11.0. The second-order valence-electron chi connectivity index (χ2n) is 9.19. The predicted octanol–water partition coefficient (Wildman–Crippen LogP) is 4.18. The molecule has 2 aliphatic carbocycles. The second-order valence-corrected chi connectivity index (χ2v) is 12.4. The Bertz CT molecular complexity index is 1330. The fourth-order valence-corrected chi connectivity index (χ4v) is 10.6. The summed E-state index contributed by atoms with van der Waals surface area (Å²) in [4.78, 5) is 46.3. The summed E-state index contributed by atoms with van der Waals surface area (Å²) in [6.07, 6.45) is 0.909. The molecule has 6 nitrogen and oxygen atoms in total. The van der Waals surface area contributed by atoms with Gasteiger partial charge in [0, 0.05) is 20.9 Å². The van der Waals surface area contributed by atoms with E-state index >= 15 is 0 Å². The van der Waals surface area contributed by atoms with Crippen LogP contribution in [0.25, 0.3) is 0 Å². The summed E-state index contributed by atoms with van der Waals surface area (Å²) < 4.78 is 5.23. The lowest BCUT2D eigenvalue weighted by Gasteiger charge is -2.42. The van der Waals surface area contributed by atoms with Gasteiger partial charge in [-0.3, -0.25) is 19.3 Å². The van der Waals surface area contributed by atoms with Crippen molar-refractivity contribution in [1.82, 2.24) is 4.98 Å². The number of hydrogen-bond donors (Lipinski definition) is 1. The number of benzene rings is 1. The highest BCUT2D eigenvalue weighted by Crippen LogP contribution is 2.68. The van der Waals surface area contributed by atoms with Gasteiger partial charge >= 0.3 is 4.87 Å². The summed E-state index contributed by atoms with van der Waals surface area (Å²) in [5.41, 5.74) is 0.619. The van der Waals surface area contributed by atoms with Crippen molar-refractivity contribution < 1.29 is 14.3 Å². The van der Waals surface area contributed by atoms with E-state index in [1.165, 1.54) is 21.1 Å². The summed E-state index contributed by atoms with van der Waals surface area (Å²) >= 11 is 4.74. The fourth-order valence-electron chi connectivity index (χ4n) is 6.79. The summed E-state index contributed by atoms with van der Waals surface area (Å²) in [7, 11) is 1.60. The van der Waals surface area contributed by atoms with E-state index in [1.54, 1.807) is 54.5 Å². The average molecular weight is 497 g/mol. The first-order valence-corrected chi connectivity index (χ1v) is 13.6. The van der Waals surface area contributed by atoms with Crippen LogP contribution in [0.5, 0.6) is 5.75 Å². The molecule has 1 N–H and O–H groups in total. The van der Waals surface area contributed by atoms with E-state index in [0.717, 1.165) is 16.3 Å². The van der Waals surface area contributed by atoms with E-state index in [4.69, 9.17) is 4.74 Å². The van der Waals surface area contributed by atoms with Crippen molar-refractivity contribution >= 4 is 51.9 Å². The Hall–Kier alpha value is -2.36. The number of aromatic amines is 1. The molecule has 2 amide bonds. The van der Waals surface area contributed by atoms with Crippen LogP contribution in [-0.4, -0.2) is 29.2 Å². The van der Waals surface area contributed by atoms with Crippen molar-refractivity contribution in [2.45, 2.75) is 22.6 Å². The van der Waals surface area contributed by atoms with Crippen LogP contribution >= 0.6 is 34.4 Å². The van der Waals surface area contributed by atoms with E-state index in [1.807, 2.05) is 0 Å². The SMILES string of the molecule is COc1ccc(N2C(=O)C3C4CC(C3C2=O)C2C4Sc3[nH]c(=O)sc3[C@@H]2c2cccs2)cc1. The third-order valence-electron chi connectivity index (χ3n) is 7.90. The zero-order chi connectivity index (χ0) is 22.4.